The monoisotopic (exact) mass is 512 g/mol. The number of esters is 1. The molecule has 204 valence electrons. The van der Waals surface area contributed by atoms with E-state index < -0.39 is 41.3 Å². The zero-order valence-corrected chi connectivity index (χ0v) is 23.4. The number of aliphatic hydroxyl groups is 1. The Morgan fingerprint density at radius 1 is 1.08 bits per heavy atom. The van der Waals surface area contributed by atoms with Crippen molar-refractivity contribution in [3.8, 4) is 0 Å². The zero-order chi connectivity index (χ0) is 27.5. The highest BCUT2D eigenvalue weighted by Gasteiger charge is 2.59. The van der Waals surface area contributed by atoms with Crippen molar-refractivity contribution in [2.45, 2.75) is 78.9 Å². The van der Waals surface area contributed by atoms with Crippen LogP contribution >= 0.6 is 0 Å². The molecule has 3 rings (SSSR count). The normalized spacial score (nSPS) is 26.5. The first-order chi connectivity index (χ1) is 17.3. The van der Waals surface area contributed by atoms with E-state index in [1.165, 1.54) is 4.90 Å². The third kappa shape index (κ3) is 6.25. The minimum atomic E-state index is -0.861. The summed E-state index contributed by atoms with van der Waals surface area (Å²) in [6.07, 6.45) is 5.32. The first-order valence-electron chi connectivity index (χ1n) is 13.5. The SMILES string of the molecule is CCOC(=O)[C@H]1[C@@H]2C(=O)N([C@H](CO)c3ccccc3)[C@H](C(=O)NC(C)(C)CC(C)(C)C)[C@H]2C=C[C@H]1CC. The topological polar surface area (TPSA) is 95.9 Å². The Labute approximate surface area is 221 Å². The van der Waals surface area contributed by atoms with Crippen LogP contribution in [0, 0.1) is 29.1 Å². The summed E-state index contributed by atoms with van der Waals surface area (Å²) in [4.78, 5) is 42.9. The predicted molar refractivity (Wildman–Crippen MR) is 143 cm³/mol. The molecular weight excluding hydrogens is 468 g/mol. The molecule has 37 heavy (non-hydrogen) atoms. The van der Waals surface area contributed by atoms with Crippen LogP contribution in [-0.4, -0.2) is 52.6 Å². The number of carbonyl (C=O) groups is 3. The maximum Gasteiger partial charge on any atom is 0.310 e. The van der Waals surface area contributed by atoms with E-state index in [1.54, 1.807) is 6.92 Å². The van der Waals surface area contributed by atoms with Gasteiger partial charge in [-0.3, -0.25) is 14.4 Å². The van der Waals surface area contributed by atoms with E-state index in [0.29, 0.717) is 6.42 Å². The van der Waals surface area contributed by atoms with Crippen LogP contribution in [0.4, 0.5) is 0 Å². The number of nitrogens with zero attached hydrogens (tertiary/aromatic N) is 1. The highest BCUT2D eigenvalue weighted by atomic mass is 16.5. The zero-order valence-electron chi connectivity index (χ0n) is 23.4. The highest BCUT2D eigenvalue weighted by molar-refractivity contribution is 5.96. The fourth-order valence-corrected chi connectivity index (χ4v) is 6.54. The molecule has 2 amide bonds. The van der Waals surface area contributed by atoms with Crippen LogP contribution in [0.3, 0.4) is 0 Å². The maximum atomic E-state index is 14.2. The minimum Gasteiger partial charge on any atom is -0.466 e. The van der Waals surface area contributed by atoms with E-state index >= 15 is 0 Å². The number of ether oxygens (including phenoxy) is 1. The number of aliphatic hydroxyl groups excluding tert-OH is 1. The minimum absolute atomic E-state index is 0.0176. The average Bonchev–Trinajstić information content (AvgIpc) is 3.10. The smallest absolute Gasteiger partial charge is 0.310 e. The molecule has 1 aliphatic heterocycles. The van der Waals surface area contributed by atoms with Gasteiger partial charge >= 0.3 is 5.97 Å². The van der Waals surface area contributed by atoms with Gasteiger partial charge in [-0.1, -0.05) is 70.2 Å². The summed E-state index contributed by atoms with van der Waals surface area (Å²) in [5.41, 5.74) is 0.206. The van der Waals surface area contributed by atoms with E-state index in [-0.39, 0.29) is 36.4 Å². The quantitative estimate of drug-likeness (QED) is 0.381. The van der Waals surface area contributed by atoms with Gasteiger partial charge in [0, 0.05) is 11.5 Å². The van der Waals surface area contributed by atoms with Crippen LogP contribution in [0.2, 0.25) is 0 Å². The van der Waals surface area contributed by atoms with Gasteiger partial charge in [0.05, 0.1) is 31.1 Å². The van der Waals surface area contributed by atoms with Crippen molar-refractivity contribution in [2.24, 2.45) is 29.1 Å². The number of benzene rings is 1. The van der Waals surface area contributed by atoms with Crippen molar-refractivity contribution in [2.75, 3.05) is 13.2 Å². The van der Waals surface area contributed by atoms with Gasteiger partial charge in [0.25, 0.3) is 0 Å². The maximum absolute atomic E-state index is 14.2. The van der Waals surface area contributed by atoms with Crippen molar-refractivity contribution in [1.29, 1.82) is 0 Å². The summed E-state index contributed by atoms with van der Waals surface area (Å²) in [5.74, 6) is -3.04. The second-order valence-corrected chi connectivity index (χ2v) is 12.2. The molecule has 7 nitrogen and oxygen atoms in total. The van der Waals surface area contributed by atoms with Crippen molar-refractivity contribution in [1.82, 2.24) is 10.2 Å². The van der Waals surface area contributed by atoms with Gasteiger partial charge in [-0.15, -0.1) is 0 Å². The molecule has 2 aliphatic rings. The molecule has 0 bridgehead atoms. The fourth-order valence-electron chi connectivity index (χ4n) is 6.54. The van der Waals surface area contributed by atoms with Crippen LogP contribution < -0.4 is 5.32 Å². The highest BCUT2D eigenvalue weighted by Crippen LogP contribution is 2.48. The molecule has 1 aromatic carbocycles. The van der Waals surface area contributed by atoms with Crippen molar-refractivity contribution < 1.29 is 24.2 Å². The van der Waals surface area contributed by atoms with Crippen LogP contribution in [0.5, 0.6) is 0 Å². The number of hydrogen-bond acceptors (Lipinski definition) is 5. The van der Waals surface area contributed by atoms with Crippen molar-refractivity contribution >= 4 is 17.8 Å². The molecule has 6 atom stereocenters. The van der Waals surface area contributed by atoms with Crippen molar-refractivity contribution in [3.63, 3.8) is 0 Å². The van der Waals surface area contributed by atoms with Gasteiger partial charge in [0.15, 0.2) is 0 Å². The lowest BCUT2D eigenvalue weighted by molar-refractivity contribution is -0.156. The number of nitrogens with one attached hydrogen (secondary N) is 1. The second-order valence-electron chi connectivity index (χ2n) is 12.2. The number of allylic oxidation sites excluding steroid dienone is 1. The molecule has 1 saturated heterocycles. The number of amides is 2. The van der Waals surface area contributed by atoms with Gasteiger partial charge < -0.3 is 20.1 Å². The number of rotatable bonds is 9. The largest absolute Gasteiger partial charge is 0.466 e. The molecule has 1 fully saturated rings. The number of likely N-dealkylation sites (tertiary alicyclic amines) is 1. The third-order valence-electron chi connectivity index (χ3n) is 7.47. The lowest BCUT2D eigenvalue weighted by Crippen LogP contribution is -2.55. The Balaban J connectivity index is 2.09. The Morgan fingerprint density at radius 3 is 2.27 bits per heavy atom. The summed E-state index contributed by atoms with van der Waals surface area (Å²) in [5, 5.41) is 13.7. The molecule has 1 aromatic rings. The van der Waals surface area contributed by atoms with E-state index in [9.17, 15) is 19.5 Å². The lowest BCUT2D eigenvalue weighted by Gasteiger charge is -2.38. The van der Waals surface area contributed by atoms with Crippen LogP contribution in [-0.2, 0) is 19.1 Å². The predicted octanol–water partition coefficient (Wildman–Crippen LogP) is 4.27. The van der Waals surface area contributed by atoms with Gasteiger partial charge in [-0.05, 0) is 50.5 Å². The summed E-state index contributed by atoms with van der Waals surface area (Å²) in [7, 11) is 0. The molecule has 0 aromatic heterocycles. The van der Waals surface area contributed by atoms with E-state index in [4.69, 9.17) is 4.74 Å². The second kappa shape index (κ2) is 11.4. The average molecular weight is 513 g/mol. The summed E-state index contributed by atoms with van der Waals surface area (Å²) in [6, 6.07) is 7.69. The van der Waals surface area contributed by atoms with Crippen LogP contribution in [0.1, 0.15) is 72.9 Å². The molecule has 1 aliphatic carbocycles. The fraction of sp³-hybridized carbons (Fsp3) is 0.633. The number of carbonyl (C=O) groups excluding carboxylic acids is 3. The first-order valence-corrected chi connectivity index (χ1v) is 13.5. The Bertz CT molecular complexity index is 997. The third-order valence-corrected chi connectivity index (χ3v) is 7.47. The molecule has 0 unspecified atom stereocenters. The first kappa shape index (κ1) is 28.9. The van der Waals surface area contributed by atoms with E-state index in [1.807, 2.05) is 63.3 Å². The molecule has 0 spiro atoms. The van der Waals surface area contributed by atoms with Gasteiger partial charge in [0.2, 0.25) is 11.8 Å². The summed E-state index contributed by atoms with van der Waals surface area (Å²) >= 11 is 0. The molecule has 1 heterocycles. The van der Waals surface area contributed by atoms with E-state index in [0.717, 1.165) is 12.0 Å². The number of hydrogen-bond donors (Lipinski definition) is 2. The molecule has 7 heteroatoms. The Kier molecular flexibility index (Phi) is 8.89. The number of fused-ring (bicyclic) bond motifs is 1. The molecule has 2 N–H and O–H groups in total. The van der Waals surface area contributed by atoms with Crippen molar-refractivity contribution in [3.05, 3.63) is 48.0 Å². The van der Waals surface area contributed by atoms with Gasteiger partial charge in [-0.2, -0.15) is 0 Å². The Hall–Kier alpha value is -2.67. The van der Waals surface area contributed by atoms with E-state index in [2.05, 4.69) is 26.1 Å². The standard InChI is InChI=1S/C30H44N2O5/c1-8-19-15-16-21-24(23(19)28(36)37-9-2)27(35)32(22(17-33)20-13-11-10-12-14-20)25(21)26(34)31-30(6,7)18-29(3,4)5/h10-16,19,21-25,33H,8-9,17-18H2,1-7H3,(H,31,34)/t19-,21+,22-,23-,24-,25+/m1/s1. The molecule has 0 radical (unpaired) electrons. The molecule has 0 saturated carbocycles. The Morgan fingerprint density at radius 2 is 1.73 bits per heavy atom. The van der Waals surface area contributed by atoms with Crippen LogP contribution in [0.25, 0.3) is 0 Å². The van der Waals surface area contributed by atoms with Gasteiger partial charge in [-0.25, -0.2) is 0 Å². The van der Waals surface area contributed by atoms with Gasteiger partial charge in [0.1, 0.15) is 6.04 Å². The summed E-state index contributed by atoms with van der Waals surface area (Å²) < 4.78 is 5.41. The summed E-state index contributed by atoms with van der Waals surface area (Å²) in [6.45, 7) is 14.0. The lowest BCUT2D eigenvalue weighted by atomic mass is 9.69. The van der Waals surface area contributed by atoms with Crippen LogP contribution in [0.15, 0.2) is 42.5 Å². The molecular formula is C30H44N2O5.